The fraction of sp³-hybridized carbons (Fsp3) is 0.760. The number of carbonyl (C=O) groups is 1. The Balaban J connectivity index is 1.16. The molecule has 7 heterocycles. The molecule has 0 aromatic carbocycles. The Kier molecular flexibility index (Phi) is 4.93. The van der Waals surface area contributed by atoms with Gasteiger partial charge in [0.05, 0.1) is 23.1 Å². The molecule has 9 nitrogen and oxygen atoms in total. The van der Waals surface area contributed by atoms with E-state index in [1.165, 1.54) is 24.2 Å². The number of ether oxygens (including phenoxy) is 2. The topological polar surface area (TPSA) is 83.7 Å². The van der Waals surface area contributed by atoms with E-state index in [0.717, 1.165) is 30.8 Å². The number of aromatic nitrogens is 3. The molecule has 5 aliphatic rings. The van der Waals surface area contributed by atoms with Crippen LogP contribution in [0.1, 0.15) is 52.9 Å². The average molecular weight is 517 g/mol. The molecule has 11 heteroatoms. The van der Waals surface area contributed by atoms with E-state index < -0.39 is 17.3 Å². The number of piperazine rings is 1. The van der Waals surface area contributed by atoms with Crippen molar-refractivity contribution in [2.24, 2.45) is 0 Å². The van der Waals surface area contributed by atoms with Gasteiger partial charge in [-0.05, 0) is 59.5 Å². The van der Waals surface area contributed by atoms with Crippen LogP contribution in [0, 0.1) is 0 Å². The fourth-order valence-corrected chi connectivity index (χ4v) is 7.92. The van der Waals surface area contributed by atoms with Crippen LogP contribution in [0.3, 0.4) is 0 Å². The van der Waals surface area contributed by atoms with Crippen LogP contribution in [-0.2, 0) is 9.53 Å². The summed E-state index contributed by atoms with van der Waals surface area (Å²) in [4.78, 5) is 34.6. The predicted octanol–water partition coefficient (Wildman–Crippen LogP) is 2.79. The first-order chi connectivity index (χ1) is 17.2. The number of piperidine rings is 1. The van der Waals surface area contributed by atoms with Gasteiger partial charge in [0.25, 0.3) is 0 Å². The first-order valence-corrected chi connectivity index (χ1v) is 14.0. The molecule has 0 spiro atoms. The first kappa shape index (κ1) is 23.0. The van der Waals surface area contributed by atoms with Crippen molar-refractivity contribution in [3.05, 3.63) is 5.51 Å². The highest BCUT2D eigenvalue weighted by Crippen LogP contribution is 2.58. The first-order valence-electron chi connectivity index (χ1n) is 13.1. The van der Waals surface area contributed by atoms with Crippen LogP contribution in [0.5, 0.6) is 6.01 Å². The van der Waals surface area contributed by atoms with E-state index in [1.807, 2.05) is 25.7 Å². The molecule has 194 valence electrons. The third kappa shape index (κ3) is 3.31. The van der Waals surface area contributed by atoms with Gasteiger partial charge >= 0.3 is 12.0 Å². The van der Waals surface area contributed by atoms with Gasteiger partial charge in [-0.25, -0.2) is 14.2 Å². The Morgan fingerprint density at radius 2 is 2.00 bits per heavy atom. The van der Waals surface area contributed by atoms with Crippen molar-refractivity contribution < 1.29 is 18.7 Å². The van der Waals surface area contributed by atoms with Crippen LogP contribution < -0.4 is 9.64 Å². The molecule has 0 aliphatic carbocycles. The smallest absolute Gasteiger partial charge is 0.328 e. The lowest BCUT2D eigenvalue weighted by Gasteiger charge is -2.35. The summed E-state index contributed by atoms with van der Waals surface area (Å²) in [7, 11) is 0. The van der Waals surface area contributed by atoms with Crippen LogP contribution in [0.15, 0.2) is 5.51 Å². The summed E-state index contributed by atoms with van der Waals surface area (Å²) >= 11 is 1.46. The standard InChI is InChI=1S/C25H33FN6O3S/c1-23(2,3)35-21(33)25-10-15(26)16-11-30(12-17(25)32(16)25)19-18-20(36-14-27-18)29-22(28-19)34-13-24-6-4-8-31(24)9-5-7-24/h14-17H,4-13H2,1-3H3. The maximum atomic E-state index is 15.2. The van der Waals surface area contributed by atoms with Crippen molar-refractivity contribution in [2.75, 3.05) is 37.7 Å². The predicted molar refractivity (Wildman–Crippen MR) is 133 cm³/mol. The highest BCUT2D eigenvalue weighted by atomic mass is 32.1. The maximum absolute atomic E-state index is 15.2. The molecular formula is C25H33FN6O3S. The molecule has 0 radical (unpaired) electrons. The van der Waals surface area contributed by atoms with E-state index in [-0.39, 0.29) is 30.0 Å². The molecule has 7 rings (SSSR count). The fourth-order valence-electron chi connectivity index (χ4n) is 7.28. The molecule has 5 saturated heterocycles. The van der Waals surface area contributed by atoms with E-state index in [2.05, 4.69) is 19.8 Å². The van der Waals surface area contributed by atoms with Gasteiger partial charge in [-0.3, -0.25) is 9.80 Å². The number of fused-ring (bicyclic) bond motifs is 3. The Morgan fingerprint density at radius 3 is 2.75 bits per heavy atom. The molecule has 5 atom stereocenters. The van der Waals surface area contributed by atoms with Crippen molar-refractivity contribution in [1.82, 2.24) is 24.8 Å². The SMILES string of the molecule is CC(C)(C)OC(=O)C12CC(F)C3CN(c4nc(OCC56CCCN5CCC6)nc5scnc45)CC1N32. The molecule has 36 heavy (non-hydrogen) atoms. The Bertz CT molecular complexity index is 1210. The summed E-state index contributed by atoms with van der Waals surface area (Å²) < 4.78 is 27.2. The molecule has 0 bridgehead atoms. The number of halogens is 1. The number of thiazole rings is 1. The second-order valence-corrected chi connectivity index (χ2v) is 12.9. The third-order valence-electron chi connectivity index (χ3n) is 8.85. The normalized spacial score (nSPS) is 34.6. The van der Waals surface area contributed by atoms with Crippen LogP contribution in [0.2, 0.25) is 0 Å². The lowest BCUT2D eigenvalue weighted by atomic mass is 9.94. The Labute approximate surface area is 214 Å². The number of hydrogen-bond acceptors (Lipinski definition) is 10. The molecular weight excluding hydrogens is 483 g/mol. The van der Waals surface area contributed by atoms with Crippen molar-refractivity contribution in [2.45, 2.75) is 87.8 Å². The number of nitrogens with zero attached hydrogens (tertiary/aromatic N) is 6. The van der Waals surface area contributed by atoms with Gasteiger partial charge < -0.3 is 14.4 Å². The highest BCUT2D eigenvalue weighted by molar-refractivity contribution is 7.16. The highest BCUT2D eigenvalue weighted by Gasteiger charge is 2.78. The van der Waals surface area contributed by atoms with Crippen LogP contribution in [0.4, 0.5) is 10.2 Å². The Hall–Kier alpha value is -2.11. The van der Waals surface area contributed by atoms with E-state index in [9.17, 15) is 4.79 Å². The van der Waals surface area contributed by atoms with Crippen LogP contribution in [-0.4, -0.2) is 98.4 Å². The number of alkyl halides is 1. The molecule has 0 saturated carbocycles. The number of anilines is 1. The number of rotatable bonds is 5. The second kappa shape index (κ2) is 7.70. The summed E-state index contributed by atoms with van der Waals surface area (Å²) in [5.74, 6) is 0.363. The van der Waals surface area contributed by atoms with Gasteiger partial charge in [0.15, 0.2) is 10.6 Å². The molecule has 5 fully saturated rings. The number of hydrogen-bond donors (Lipinski definition) is 0. The van der Waals surface area contributed by atoms with Crippen LogP contribution >= 0.6 is 11.3 Å². The zero-order valence-electron chi connectivity index (χ0n) is 21.1. The number of carbonyl (C=O) groups excluding carboxylic acids is 1. The minimum absolute atomic E-state index is 0.0875. The second-order valence-electron chi connectivity index (χ2n) is 12.1. The van der Waals surface area contributed by atoms with Gasteiger partial charge in [-0.2, -0.15) is 9.97 Å². The summed E-state index contributed by atoms with van der Waals surface area (Å²) in [6.07, 6.45) is 3.83. The zero-order chi connectivity index (χ0) is 24.9. The maximum Gasteiger partial charge on any atom is 0.328 e. The molecule has 5 unspecified atom stereocenters. The minimum atomic E-state index is -1.09. The lowest BCUT2D eigenvalue weighted by molar-refractivity contribution is -0.159. The largest absolute Gasteiger partial charge is 0.461 e. The average Bonchev–Trinajstić information content (AvgIpc) is 3.32. The molecule has 2 aromatic rings. The zero-order valence-corrected chi connectivity index (χ0v) is 21.9. The molecule has 0 amide bonds. The third-order valence-corrected chi connectivity index (χ3v) is 9.57. The van der Waals surface area contributed by atoms with Crippen LogP contribution in [0.25, 0.3) is 10.3 Å². The van der Waals surface area contributed by atoms with Gasteiger partial charge in [-0.1, -0.05) is 0 Å². The van der Waals surface area contributed by atoms with E-state index in [1.54, 1.807) is 5.51 Å². The van der Waals surface area contributed by atoms with Crippen molar-refractivity contribution in [3.63, 3.8) is 0 Å². The minimum Gasteiger partial charge on any atom is -0.461 e. The molecule has 5 aliphatic heterocycles. The summed E-state index contributed by atoms with van der Waals surface area (Å²) in [6.45, 7) is 9.44. The van der Waals surface area contributed by atoms with Crippen molar-refractivity contribution in [1.29, 1.82) is 0 Å². The van der Waals surface area contributed by atoms with Gasteiger partial charge in [0.2, 0.25) is 0 Å². The Morgan fingerprint density at radius 1 is 1.22 bits per heavy atom. The van der Waals surface area contributed by atoms with Gasteiger partial charge in [0, 0.05) is 19.5 Å². The number of esters is 1. The monoisotopic (exact) mass is 516 g/mol. The van der Waals surface area contributed by atoms with Crippen molar-refractivity contribution >= 4 is 33.5 Å². The van der Waals surface area contributed by atoms with Crippen molar-refractivity contribution in [3.8, 4) is 6.01 Å². The molecule has 0 N–H and O–H groups in total. The summed E-state index contributed by atoms with van der Waals surface area (Å²) in [5, 5.41) is 0. The summed E-state index contributed by atoms with van der Waals surface area (Å²) in [6, 6.07) is -0.0961. The van der Waals surface area contributed by atoms with E-state index >= 15 is 4.39 Å². The lowest BCUT2D eigenvalue weighted by Crippen LogP contribution is -2.49. The summed E-state index contributed by atoms with van der Waals surface area (Å²) in [5.41, 5.74) is 1.10. The van der Waals surface area contributed by atoms with Gasteiger partial charge in [0.1, 0.15) is 29.4 Å². The quantitative estimate of drug-likeness (QED) is 0.440. The van der Waals surface area contributed by atoms with E-state index in [4.69, 9.17) is 14.5 Å². The van der Waals surface area contributed by atoms with Gasteiger partial charge in [-0.15, -0.1) is 11.3 Å². The molecule has 2 aromatic heterocycles. The van der Waals surface area contributed by atoms with E-state index in [0.29, 0.717) is 37.0 Å².